The van der Waals surface area contributed by atoms with Crippen molar-refractivity contribution >= 4 is 0 Å². The number of hydrogen-bond donors (Lipinski definition) is 5. The molecule has 0 aliphatic carbocycles. The molecule has 0 unspecified atom stereocenters. The number of hydrogen-bond acceptors (Lipinski definition) is 8. The van der Waals surface area contributed by atoms with Gasteiger partial charge in [0.1, 0.15) is 30.2 Å². The van der Waals surface area contributed by atoms with Crippen molar-refractivity contribution in [2.24, 2.45) is 0 Å². The minimum absolute atomic E-state index is 0.0600. The van der Waals surface area contributed by atoms with Crippen LogP contribution in [0.2, 0.25) is 0 Å². The van der Waals surface area contributed by atoms with Crippen molar-refractivity contribution in [1.29, 1.82) is 5.26 Å². The zero-order valence-corrected chi connectivity index (χ0v) is 11.5. The van der Waals surface area contributed by atoms with E-state index in [1.54, 1.807) is 0 Å². The van der Waals surface area contributed by atoms with Gasteiger partial charge in [-0.25, -0.2) is 0 Å². The predicted molar refractivity (Wildman–Crippen MR) is 71.3 cm³/mol. The molecule has 1 heterocycles. The quantitative estimate of drug-likeness (QED) is 0.465. The second kappa shape index (κ2) is 7.02. The van der Waals surface area contributed by atoms with Crippen molar-refractivity contribution in [3.8, 4) is 11.8 Å². The highest BCUT2D eigenvalue weighted by Crippen LogP contribution is 2.28. The lowest BCUT2D eigenvalue weighted by atomic mass is 9.99. The Bertz CT molecular complexity index is 544. The Labute approximate surface area is 126 Å². The van der Waals surface area contributed by atoms with Crippen LogP contribution >= 0.6 is 0 Å². The Balaban J connectivity index is 2.15. The van der Waals surface area contributed by atoms with Crippen molar-refractivity contribution in [2.45, 2.75) is 36.8 Å². The van der Waals surface area contributed by atoms with Gasteiger partial charge < -0.3 is 35.0 Å². The Kier molecular flexibility index (Phi) is 5.31. The first-order chi connectivity index (χ1) is 10.5. The molecule has 1 fully saturated rings. The summed E-state index contributed by atoms with van der Waals surface area (Å²) in [4.78, 5) is 0. The van der Waals surface area contributed by atoms with Gasteiger partial charge in [0.15, 0.2) is 12.4 Å². The van der Waals surface area contributed by atoms with Crippen LogP contribution in [0.3, 0.4) is 0 Å². The molecular formula is C14H17NO7. The molecule has 1 saturated heterocycles. The van der Waals surface area contributed by atoms with E-state index in [9.17, 15) is 25.7 Å². The van der Waals surface area contributed by atoms with Gasteiger partial charge in [0.2, 0.25) is 0 Å². The number of nitriles is 1. The van der Waals surface area contributed by atoms with Crippen LogP contribution in [0.25, 0.3) is 0 Å². The molecule has 0 aromatic heterocycles. The van der Waals surface area contributed by atoms with Crippen molar-refractivity contribution in [1.82, 2.24) is 0 Å². The van der Waals surface area contributed by atoms with E-state index in [1.807, 2.05) is 6.07 Å². The molecule has 8 heteroatoms. The summed E-state index contributed by atoms with van der Waals surface area (Å²) in [5, 5.41) is 56.9. The van der Waals surface area contributed by atoms with Crippen molar-refractivity contribution < 1.29 is 35.0 Å². The maximum Gasteiger partial charge on any atom is 0.188 e. The molecule has 0 spiro atoms. The fourth-order valence-electron chi connectivity index (χ4n) is 2.19. The van der Waals surface area contributed by atoms with E-state index in [0.717, 1.165) is 0 Å². The van der Waals surface area contributed by atoms with Crippen LogP contribution in [0, 0.1) is 11.3 Å². The number of nitrogens with zero attached hydrogens (tertiary/aromatic N) is 1. The van der Waals surface area contributed by atoms with Gasteiger partial charge in [0, 0.05) is 0 Å². The topological polar surface area (TPSA) is 143 Å². The Morgan fingerprint density at radius 3 is 2.55 bits per heavy atom. The summed E-state index contributed by atoms with van der Waals surface area (Å²) >= 11 is 0. The first kappa shape index (κ1) is 16.6. The third kappa shape index (κ3) is 3.36. The summed E-state index contributed by atoms with van der Waals surface area (Å²) in [7, 11) is 0. The largest absolute Gasteiger partial charge is 0.508 e. The summed E-state index contributed by atoms with van der Waals surface area (Å²) in [6.45, 7) is -0.589. The summed E-state index contributed by atoms with van der Waals surface area (Å²) in [6.07, 6.45) is -8.38. The maximum atomic E-state index is 9.87. The Morgan fingerprint density at radius 1 is 1.23 bits per heavy atom. The van der Waals surface area contributed by atoms with E-state index < -0.39 is 43.4 Å². The van der Waals surface area contributed by atoms with Crippen LogP contribution in [-0.2, 0) is 9.47 Å². The van der Waals surface area contributed by atoms with Gasteiger partial charge in [-0.15, -0.1) is 0 Å². The summed E-state index contributed by atoms with van der Waals surface area (Å²) < 4.78 is 10.5. The average Bonchev–Trinajstić information content (AvgIpc) is 2.52. The number of phenolic OH excluding ortho intramolecular Hbond substituents is 1. The van der Waals surface area contributed by atoms with Crippen molar-refractivity contribution in [2.75, 3.05) is 6.61 Å². The lowest BCUT2D eigenvalue weighted by molar-refractivity contribution is -0.307. The third-order valence-corrected chi connectivity index (χ3v) is 3.41. The number of aliphatic hydroxyl groups excluding tert-OH is 4. The first-order valence-corrected chi connectivity index (χ1v) is 6.62. The summed E-state index contributed by atoms with van der Waals surface area (Å²) in [5.74, 6) is -0.0600. The molecule has 2 rings (SSSR count). The minimum atomic E-state index is -1.59. The molecule has 0 saturated carbocycles. The van der Waals surface area contributed by atoms with E-state index in [0.29, 0.717) is 5.56 Å². The van der Waals surface area contributed by atoms with Crippen LogP contribution in [0.1, 0.15) is 11.7 Å². The van der Waals surface area contributed by atoms with Crippen LogP contribution in [0.5, 0.6) is 5.75 Å². The smallest absolute Gasteiger partial charge is 0.188 e. The van der Waals surface area contributed by atoms with Crippen LogP contribution in [0.15, 0.2) is 24.3 Å². The van der Waals surface area contributed by atoms with E-state index in [1.165, 1.54) is 24.3 Å². The molecule has 22 heavy (non-hydrogen) atoms. The standard InChI is InChI=1S/C14H17NO7/c15-5-9(7-2-1-3-8(17)4-7)21-14-13(20)12(19)11(18)10(6-16)22-14/h1-4,9-14,16-20H,6H2/t9-,10+,11+,12-,13+,14+/m1/s1. The second-order valence-electron chi connectivity index (χ2n) is 4.94. The van der Waals surface area contributed by atoms with E-state index in [2.05, 4.69) is 0 Å². The number of benzene rings is 1. The highest BCUT2D eigenvalue weighted by atomic mass is 16.7. The lowest BCUT2D eigenvalue weighted by Crippen LogP contribution is -2.59. The Hall–Kier alpha value is -1.73. The maximum absolute atomic E-state index is 9.87. The van der Waals surface area contributed by atoms with Crippen molar-refractivity contribution in [3.05, 3.63) is 29.8 Å². The molecule has 0 amide bonds. The molecule has 1 aliphatic rings. The lowest BCUT2D eigenvalue weighted by Gasteiger charge is -2.40. The molecule has 0 radical (unpaired) electrons. The van der Waals surface area contributed by atoms with Crippen molar-refractivity contribution in [3.63, 3.8) is 0 Å². The molecule has 8 nitrogen and oxygen atoms in total. The highest BCUT2D eigenvalue weighted by molar-refractivity contribution is 5.31. The minimum Gasteiger partial charge on any atom is -0.508 e. The van der Waals surface area contributed by atoms with Crippen LogP contribution in [-0.4, -0.2) is 62.8 Å². The Morgan fingerprint density at radius 2 is 1.95 bits per heavy atom. The van der Waals surface area contributed by atoms with Crippen LogP contribution in [0.4, 0.5) is 0 Å². The van der Waals surface area contributed by atoms with Gasteiger partial charge in [0.25, 0.3) is 0 Å². The molecule has 1 aromatic rings. The van der Waals surface area contributed by atoms with Gasteiger partial charge in [0.05, 0.1) is 12.7 Å². The van der Waals surface area contributed by atoms with Crippen LogP contribution < -0.4 is 0 Å². The second-order valence-corrected chi connectivity index (χ2v) is 4.94. The van der Waals surface area contributed by atoms with E-state index in [4.69, 9.17) is 14.6 Å². The fourth-order valence-corrected chi connectivity index (χ4v) is 2.19. The van der Waals surface area contributed by atoms with Gasteiger partial charge in [-0.05, 0) is 17.7 Å². The number of aliphatic hydroxyl groups is 4. The number of rotatable bonds is 4. The molecular weight excluding hydrogens is 294 g/mol. The van der Waals surface area contributed by atoms with E-state index >= 15 is 0 Å². The molecule has 1 aliphatic heterocycles. The summed E-state index contributed by atoms with van der Waals surface area (Å²) in [5.41, 5.74) is 0.333. The average molecular weight is 311 g/mol. The SMILES string of the molecule is N#C[C@@H](O[C@H]1O[C@@H](CO)[C@H](O)[C@@H](O)[C@@H]1O)c1cccc(O)c1. The molecule has 120 valence electrons. The number of phenols is 1. The number of aromatic hydroxyl groups is 1. The zero-order valence-electron chi connectivity index (χ0n) is 11.5. The van der Waals surface area contributed by atoms with E-state index in [-0.39, 0.29) is 5.75 Å². The summed E-state index contributed by atoms with van der Waals surface area (Å²) in [6, 6.07) is 7.64. The first-order valence-electron chi connectivity index (χ1n) is 6.62. The highest BCUT2D eigenvalue weighted by Gasteiger charge is 2.45. The number of ether oxygens (including phenoxy) is 2. The molecule has 1 aromatic carbocycles. The van der Waals surface area contributed by atoms with Gasteiger partial charge in [-0.2, -0.15) is 5.26 Å². The predicted octanol–water partition coefficient (Wildman–Crippen LogP) is -1.23. The molecule has 0 bridgehead atoms. The van der Waals surface area contributed by atoms with Gasteiger partial charge >= 0.3 is 0 Å². The molecule has 6 atom stereocenters. The zero-order chi connectivity index (χ0) is 16.3. The monoisotopic (exact) mass is 311 g/mol. The van der Waals surface area contributed by atoms with Gasteiger partial charge in [-0.1, -0.05) is 12.1 Å². The van der Waals surface area contributed by atoms with Gasteiger partial charge in [-0.3, -0.25) is 0 Å². The fraction of sp³-hybridized carbons (Fsp3) is 0.500. The normalized spacial score (nSPS) is 33.1. The third-order valence-electron chi connectivity index (χ3n) is 3.41. The molecule has 5 N–H and O–H groups in total.